The highest BCUT2D eigenvalue weighted by Crippen LogP contribution is 2.24. The Morgan fingerprint density at radius 2 is 1.79 bits per heavy atom. The summed E-state index contributed by atoms with van der Waals surface area (Å²) in [4.78, 5) is 2.86. The van der Waals surface area contributed by atoms with Crippen molar-refractivity contribution in [1.29, 1.82) is 0 Å². The summed E-state index contributed by atoms with van der Waals surface area (Å²) in [6.45, 7) is 9.63. The van der Waals surface area contributed by atoms with Gasteiger partial charge in [-0.25, -0.2) is 8.42 Å². The van der Waals surface area contributed by atoms with E-state index < -0.39 is 10.0 Å². The van der Waals surface area contributed by atoms with E-state index in [1.165, 1.54) is 5.56 Å². The van der Waals surface area contributed by atoms with Crippen molar-refractivity contribution in [2.24, 2.45) is 5.92 Å². The molecule has 0 radical (unpaired) electrons. The van der Waals surface area contributed by atoms with Crippen LogP contribution in [-0.2, 0) is 16.4 Å². The highest BCUT2D eigenvalue weighted by molar-refractivity contribution is 7.89. The van der Waals surface area contributed by atoms with E-state index in [9.17, 15) is 8.42 Å². The second kappa shape index (κ2) is 7.52. The normalized spacial score (nSPS) is 23.9. The summed E-state index contributed by atoms with van der Waals surface area (Å²) in [6.07, 6.45) is 1.92. The van der Waals surface area contributed by atoms with Crippen LogP contribution < -0.4 is 5.32 Å². The van der Waals surface area contributed by atoms with Gasteiger partial charge >= 0.3 is 0 Å². The zero-order valence-electron chi connectivity index (χ0n) is 14.7. The molecule has 1 N–H and O–H groups in total. The molecule has 0 spiro atoms. The van der Waals surface area contributed by atoms with Crippen LogP contribution in [0.3, 0.4) is 0 Å². The first-order valence-corrected chi connectivity index (χ1v) is 10.4. The molecule has 6 heteroatoms. The van der Waals surface area contributed by atoms with E-state index in [2.05, 4.69) is 24.1 Å². The molecule has 2 saturated heterocycles. The van der Waals surface area contributed by atoms with Crippen LogP contribution in [0, 0.1) is 5.92 Å². The van der Waals surface area contributed by atoms with Crippen LogP contribution in [0.4, 0.5) is 0 Å². The SMILES string of the molecule is CC(C)Cc1ccc(S(=O)(=O)N2CCC(N3CCNCC3)C2)cc1. The van der Waals surface area contributed by atoms with Crippen LogP contribution in [0.15, 0.2) is 29.2 Å². The quantitative estimate of drug-likeness (QED) is 0.875. The Morgan fingerprint density at radius 1 is 1.12 bits per heavy atom. The lowest BCUT2D eigenvalue weighted by atomic mass is 10.0. The average molecular weight is 352 g/mol. The number of piperazine rings is 1. The van der Waals surface area contributed by atoms with Crippen LogP contribution in [0.5, 0.6) is 0 Å². The molecule has 2 aliphatic heterocycles. The molecular formula is C18H29N3O2S. The smallest absolute Gasteiger partial charge is 0.243 e. The van der Waals surface area contributed by atoms with Crippen LogP contribution >= 0.6 is 0 Å². The molecule has 1 aromatic carbocycles. The molecule has 134 valence electrons. The van der Waals surface area contributed by atoms with Crippen molar-refractivity contribution in [3.63, 3.8) is 0 Å². The fourth-order valence-electron chi connectivity index (χ4n) is 3.69. The zero-order chi connectivity index (χ0) is 17.2. The van der Waals surface area contributed by atoms with Gasteiger partial charge in [-0.15, -0.1) is 0 Å². The van der Waals surface area contributed by atoms with Crippen LogP contribution in [0.25, 0.3) is 0 Å². The van der Waals surface area contributed by atoms with E-state index in [0.29, 0.717) is 29.9 Å². The Bertz CT molecular complexity index is 637. The van der Waals surface area contributed by atoms with Crippen LogP contribution in [0.1, 0.15) is 25.8 Å². The molecule has 3 rings (SSSR count). The Hall–Kier alpha value is -0.950. The van der Waals surface area contributed by atoms with E-state index in [-0.39, 0.29) is 0 Å². The van der Waals surface area contributed by atoms with Crippen LogP contribution in [0.2, 0.25) is 0 Å². The largest absolute Gasteiger partial charge is 0.314 e. The number of hydrogen-bond acceptors (Lipinski definition) is 4. The second-order valence-electron chi connectivity index (χ2n) is 7.33. The van der Waals surface area contributed by atoms with Gasteiger partial charge in [0.05, 0.1) is 4.90 Å². The molecular weight excluding hydrogens is 322 g/mol. The summed E-state index contributed by atoms with van der Waals surface area (Å²) in [5.41, 5.74) is 1.20. The Kier molecular flexibility index (Phi) is 5.59. The molecule has 1 atom stereocenters. The first kappa shape index (κ1) is 17.9. The van der Waals surface area contributed by atoms with Crippen molar-refractivity contribution in [2.45, 2.75) is 37.6 Å². The maximum absolute atomic E-state index is 12.9. The van der Waals surface area contributed by atoms with Crippen molar-refractivity contribution in [2.75, 3.05) is 39.3 Å². The Labute approximate surface area is 146 Å². The highest BCUT2D eigenvalue weighted by Gasteiger charge is 2.35. The number of hydrogen-bond donors (Lipinski definition) is 1. The second-order valence-corrected chi connectivity index (χ2v) is 9.27. The third-order valence-electron chi connectivity index (χ3n) is 5.00. The van der Waals surface area contributed by atoms with Crippen molar-refractivity contribution in [3.8, 4) is 0 Å². The van der Waals surface area contributed by atoms with Gasteiger partial charge in [0.15, 0.2) is 0 Å². The van der Waals surface area contributed by atoms with Crippen molar-refractivity contribution in [3.05, 3.63) is 29.8 Å². The van der Waals surface area contributed by atoms with E-state index in [4.69, 9.17) is 0 Å². The third kappa shape index (κ3) is 3.99. The molecule has 0 amide bonds. The van der Waals surface area contributed by atoms with E-state index in [1.54, 1.807) is 16.4 Å². The van der Waals surface area contributed by atoms with Gasteiger partial charge in [0.1, 0.15) is 0 Å². The number of nitrogens with one attached hydrogen (secondary N) is 1. The minimum atomic E-state index is -3.36. The summed E-state index contributed by atoms with van der Waals surface area (Å²) in [5.74, 6) is 0.575. The topological polar surface area (TPSA) is 52.7 Å². The molecule has 5 nitrogen and oxygen atoms in total. The van der Waals surface area contributed by atoms with Gasteiger partial charge in [-0.05, 0) is 36.5 Å². The van der Waals surface area contributed by atoms with E-state index >= 15 is 0 Å². The van der Waals surface area contributed by atoms with Gasteiger partial charge in [0.2, 0.25) is 10.0 Å². The van der Waals surface area contributed by atoms with Crippen molar-refractivity contribution >= 4 is 10.0 Å². The molecule has 2 fully saturated rings. The number of sulfonamides is 1. The summed E-state index contributed by atoms with van der Waals surface area (Å²) in [5, 5.41) is 3.35. The summed E-state index contributed by atoms with van der Waals surface area (Å²) < 4.78 is 27.4. The lowest BCUT2D eigenvalue weighted by Gasteiger charge is -2.32. The van der Waals surface area contributed by atoms with E-state index in [0.717, 1.165) is 39.0 Å². The lowest BCUT2D eigenvalue weighted by Crippen LogP contribution is -2.49. The zero-order valence-corrected chi connectivity index (χ0v) is 15.6. The van der Waals surface area contributed by atoms with Gasteiger partial charge < -0.3 is 5.32 Å². The number of benzene rings is 1. The van der Waals surface area contributed by atoms with Crippen molar-refractivity contribution in [1.82, 2.24) is 14.5 Å². The first-order valence-electron chi connectivity index (χ1n) is 9.00. The minimum Gasteiger partial charge on any atom is -0.314 e. The molecule has 2 aliphatic rings. The first-order chi connectivity index (χ1) is 11.5. The highest BCUT2D eigenvalue weighted by atomic mass is 32.2. The van der Waals surface area contributed by atoms with Gasteiger partial charge in [0.25, 0.3) is 0 Å². The molecule has 24 heavy (non-hydrogen) atoms. The predicted octanol–water partition coefficient (Wildman–Crippen LogP) is 1.55. The van der Waals surface area contributed by atoms with Gasteiger partial charge in [-0.1, -0.05) is 26.0 Å². The Morgan fingerprint density at radius 3 is 2.42 bits per heavy atom. The summed E-state index contributed by atoms with van der Waals surface area (Å²) in [6, 6.07) is 7.81. The van der Waals surface area contributed by atoms with Gasteiger partial charge in [0, 0.05) is 45.3 Å². The number of rotatable bonds is 5. The van der Waals surface area contributed by atoms with E-state index in [1.807, 2.05) is 12.1 Å². The summed E-state index contributed by atoms with van der Waals surface area (Å²) in [7, 11) is -3.36. The molecule has 0 saturated carbocycles. The van der Waals surface area contributed by atoms with Gasteiger partial charge in [-0.2, -0.15) is 4.31 Å². The van der Waals surface area contributed by atoms with Gasteiger partial charge in [-0.3, -0.25) is 4.90 Å². The average Bonchev–Trinajstić information content (AvgIpc) is 3.06. The molecule has 1 aromatic rings. The van der Waals surface area contributed by atoms with Crippen molar-refractivity contribution < 1.29 is 8.42 Å². The molecule has 2 heterocycles. The Balaban J connectivity index is 1.67. The summed E-state index contributed by atoms with van der Waals surface area (Å²) >= 11 is 0. The third-order valence-corrected chi connectivity index (χ3v) is 6.88. The van der Waals surface area contributed by atoms with Crippen LogP contribution in [-0.4, -0.2) is 62.9 Å². The monoisotopic (exact) mass is 351 g/mol. The maximum Gasteiger partial charge on any atom is 0.243 e. The predicted molar refractivity (Wildman–Crippen MR) is 96.6 cm³/mol. The molecule has 0 aliphatic carbocycles. The molecule has 1 unspecified atom stereocenters. The standard InChI is InChI=1S/C18H29N3O2S/c1-15(2)13-16-3-5-18(6-4-16)24(22,23)21-10-7-17(14-21)20-11-8-19-9-12-20/h3-6,15,17,19H,7-14H2,1-2H3. The molecule has 0 aromatic heterocycles. The lowest BCUT2D eigenvalue weighted by molar-refractivity contribution is 0.179. The number of nitrogens with zero attached hydrogens (tertiary/aromatic N) is 2. The maximum atomic E-state index is 12.9. The minimum absolute atomic E-state index is 0.363. The molecule has 0 bridgehead atoms. The fraction of sp³-hybridized carbons (Fsp3) is 0.667. The fourth-order valence-corrected chi connectivity index (χ4v) is 5.18.